The van der Waals surface area contributed by atoms with Crippen LogP contribution < -0.4 is 49.8 Å². The Hall–Kier alpha value is -12.2. The van der Waals surface area contributed by atoms with Crippen molar-refractivity contribution in [2.45, 2.75) is 83.6 Å². The van der Waals surface area contributed by atoms with Gasteiger partial charge in [0.25, 0.3) is 16.7 Å². The fourth-order valence-corrected chi connectivity index (χ4v) is 12.1. The Morgan fingerprint density at radius 1 is 0.433 bits per heavy atom. The second-order valence-corrected chi connectivity index (χ2v) is 25.2. The van der Waals surface area contributed by atoms with Crippen molar-refractivity contribution >= 4 is 17.5 Å². The highest BCUT2D eigenvalue weighted by molar-refractivity contribution is 5.76. The second kappa shape index (κ2) is 32.6. The fraction of sp³-hybridized carbons (Fsp3) is 0.250. The largest absolute Gasteiger partial charge is 0.382 e. The molecule has 104 heavy (non-hydrogen) atoms. The summed E-state index contributed by atoms with van der Waals surface area (Å²) in [5.41, 5.74) is 31.6. The minimum absolute atomic E-state index is 0.0460. The van der Waals surface area contributed by atoms with Gasteiger partial charge in [-0.15, -0.1) is 0 Å². The summed E-state index contributed by atoms with van der Waals surface area (Å²) in [4.78, 5) is 68.5. The Morgan fingerprint density at radius 3 is 1.12 bits per heavy atom. The van der Waals surface area contributed by atoms with Crippen molar-refractivity contribution < 1.29 is 23.0 Å². The number of aromatic nitrogens is 14. The molecule has 2 aliphatic rings. The predicted molar refractivity (Wildman–Crippen MR) is 394 cm³/mol. The molecule has 28 nitrogen and oxygen atoms in total. The standard InChI is InChI=1S/C26H28N6O3.C25H24N8O2.C25H26N6O3/c1-28-13-17-5-7-18(8-6-17)21-12-23(35-31-21)25-26(27)29-14-22(30-25)19-9-10-24(33)32(15-19)16-20-4-2-3-11-34-20;1-27-12-16-3-5-17(6-4-16)19-11-21(35-31-19)24-25(26)29-13-20(30-24)18-7-8-23(34)33(14-18)15-22-28-9-10-32(22)2;1-27-12-16-4-6-17(7-5-16)20-11-22(34-30-20)24-25(26)28-13-21(29-24)18-8-9-23(32)31(14-18)15-19-3-2-10-33-19/h5-10,12,14-15,20,28H,2-4,11,13,16H2,1H3,(H2,27,29);3-11,13-14,27H,12,15H2,1-2H3,(H2,26,29);4-9,11,13-14,19,27H,2-3,10,12,15H2,1H3,(H2,26,28). The zero-order valence-corrected chi connectivity index (χ0v) is 57.8. The van der Waals surface area contributed by atoms with Crippen LogP contribution >= 0.6 is 0 Å². The number of anilines is 3. The number of nitrogen functional groups attached to an aromatic ring is 3. The molecule has 12 heterocycles. The number of nitrogens with zero attached hydrogens (tertiary/aromatic N) is 14. The highest BCUT2D eigenvalue weighted by atomic mass is 16.5. The molecule has 10 aromatic heterocycles. The Labute approximate surface area is 597 Å². The number of nitrogens with one attached hydrogen (secondary N) is 3. The number of benzene rings is 3. The summed E-state index contributed by atoms with van der Waals surface area (Å²) in [7, 11) is 7.62. The molecule has 9 N–H and O–H groups in total. The number of imidazole rings is 1. The number of hydrogen-bond acceptors (Lipinski definition) is 24. The molecular formula is C76H78N20O8. The first-order valence-corrected chi connectivity index (χ1v) is 34.1. The second-order valence-electron chi connectivity index (χ2n) is 25.2. The summed E-state index contributed by atoms with van der Waals surface area (Å²) < 4.78 is 35.0. The molecule has 2 unspecified atom stereocenters. The molecule has 0 spiro atoms. The summed E-state index contributed by atoms with van der Waals surface area (Å²) in [6.07, 6.45) is 18.8. The average Bonchev–Trinajstić information content (AvgIpc) is 1.43. The van der Waals surface area contributed by atoms with Crippen molar-refractivity contribution in [2.75, 3.05) is 51.6 Å². The topological polar surface area (TPSA) is 372 Å². The van der Waals surface area contributed by atoms with Crippen LogP contribution in [0.25, 0.3) is 102 Å². The van der Waals surface area contributed by atoms with Crippen LogP contribution in [0.5, 0.6) is 0 Å². The van der Waals surface area contributed by atoms with Gasteiger partial charge >= 0.3 is 0 Å². The molecule has 15 rings (SSSR count). The molecule has 13 aromatic rings. The van der Waals surface area contributed by atoms with Gasteiger partial charge in [0, 0.05) is 141 Å². The number of nitrogens with two attached hydrogens (primary N) is 3. The maximum Gasteiger partial charge on any atom is 0.250 e. The van der Waals surface area contributed by atoms with E-state index in [4.69, 9.17) is 45.2 Å². The molecule has 0 amide bonds. The number of aryl methyl sites for hydroxylation is 1. The molecule has 28 heteroatoms. The summed E-state index contributed by atoms with van der Waals surface area (Å²) in [5, 5.41) is 22.0. The number of ether oxygens (including phenoxy) is 2. The van der Waals surface area contributed by atoms with Crippen LogP contribution in [0.2, 0.25) is 0 Å². The first kappa shape index (κ1) is 70.2. The Kier molecular flexibility index (Phi) is 22.0. The molecule has 2 aliphatic heterocycles. The van der Waals surface area contributed by atoms with Crippen LogP contribution in [0.1, 0.15) is 54.6 Å². The van der Waals surface area contributed by atoms with E-state index in [2.05, 4.69) is 61.3 Å². The molecule has 0 aliphatic carbocycles. The molecule has 530 valence electrons. The summed E-state index contributed by atoms with van der Waals surface area (Å²) in [6.45, 7) is 5.23. The molecule has 2 fully saturated rings. The predicted octanol–water partition coefficient (Wildman–Crippen LogP) is 9.32. The van der Waals surface area contributed by atoms with Gasteiger partial charge in [0.05, 0.1) is 67.5 Å². The van der Waals surface area contributed by atoms with Crippen LogP contribution in [0.4, 0.5) is 17.5 Å². The van der Waals surface area contributed by atoms with E-state index >= 15 is 0 Å². The van der Waals surface area contributed by atoms with Gasteiger partial charge in [-0.25, -0.2) is 34.9 Å². The van der Waals surface area contributed by atoms with Crippen molar-refractivity contribution in [3.8, 4) is 102 Å². The highest BCUT2D eigenvalue weighted by Gasteiger charge is 2.23. The number of rotatable bonds is 21. The molecule has 0 saturated carbocycles. The van der Waals surface area contributed by atoms with E-state index in [1.54, 1.807) is 99.5 Å². The Morgan fingerprint density at radius 2 is 0.788 bits per heavy atom. The average molecular weight is 1400 g/mol. The van der Waals surface area contributed by atoms with Gasteiger partial charge in [0.2, 0.25) is 0 Å². The third-order valence-corrected chi connectivity index (χ3v) is 17.7. The monoisotopic (exact) mass is 1400 g/mol. The summed E-state index contributed by atoms with van der Waals surface area (Å²) in [5.74, 6) is 2.73. The lowest BCUT2D eigenvalue weighted by Crippen LogP contribution is -2.30. The molecule has 2 saturated heterocycles. The van der Waals surface area contributed by atoms with Crippen molar-refractivity contribution in [1.82, 2.24) is 84.6 Å². The van der Waals surface area contributed by atoms with E-state index in [0.29, 0.717) is 93.7 Å². The summed E-state index contributed by atoms with van der Waals surface area (Å²) >= 11 is 0. The minimum Gasteiger partial charge on any atom is -0.382 e. The van der Waals surface area contributed by atoms with Crippen LogP contribution in [-0.2, 0) is 55.8 Å². The van der Waals surface area contributed by atoms with Gasteiger partial charge < -0.3 is 74.5 Å². The number of pyridine rings is 3. The maximum atomic E-state index is 12.4. The zero-order chi connectivity index (χ0) is 72.1. The molecule has 0 radical (unpaired) electrons. The lowest BCUT2D eigenvalue weighted by Gasteiger charge is -2.23. The highest BCUT2D eigenvalue weighted by Crippen LogP contribution is 2.34. The normalized spacial score (nSPS) is 14.2. The van der Waals surface area contributed by atoms with Crippen LogP contribution in [0.15, 0.2) is 205 Å². The van der Waals surface area contributed by atoms with Gasteiger partial charge in [-0.3, -0.25) is 14.4 Å². The number of hydrogen-bond donors (Lipinski definition) is 6. The Balaban J connectivity index is 0.000000139. The molecule has 2 atom stereocenters. The van der Waals surface area contributed by atoms with E-state index in [1.807, 2.05) is 112 Å². The van der Waals surface area contributed by atoms with E-state index < -0.39 is 0 Å². The maximum absolute atomic E-state index is 12.4. The van der Waals surface area contributed by atoms with Crippen LogP contribution in [-0.4, -0.2) is 115 Å². The third kappa shape index (κ3) is 16.9. The first-order valence-electron chi connectivity index (χ1n) is 34.1. The van der Waals surface area contributed by atoms with E-state index in [1.165, 1.54) is 28.8 Å². The van der Waals surface area contributed by atoms with Crippen LogP contribution in [0, 0.1) is 0 Å². The third-order valence-electron chi connectivity index (χ3n) is 17.7. The molecule has 3 aromatic carbocycles. The van der Waals surface area contributed by atoms with E-state index in [9.17, 15) is 14.4 Å². The molecule has 0 bridgehead atoms. The lowest BCUT2D eigenvalue weighted by molar-refractivity contribution is 0.00545. The van der Waals surface area contributed by atoms with Crippen molar-refractivity contribution in [2.24, 2.45) is 7.05 Å². The SMILES string of the molecule is CNCc1ccc(-c2cc(-c3nc(-c4ccc(=O)n(CC5CCCCO5)c4)cnc3N)on2)cc1.CNCc1ccc(-c2cc(-c3nc(-c4ccc(=O)n(CC5CCCO5)c4)cnc3N)on2)cc1.CNCc1ccc(-c2cc(-c3nc(-c4ccc(=O)n(Cc5nccn5C)c4)cnc3N)on2)cc1. The smallest absolute Gasteiger partial charge is 0.250 e. The van der Waals surface area contributed by atoms with Crippen LogP contribution in [0.3, 0.4) is 0 Å². The van der Waals surface area contributed by atoms with E-state index in [0.717, 1.165) is 98.6 Å². The van der Waals surface area contributed by atoms with Gasteiger partial charge in [0.1, 0.15) is 22.9 Å². The van der Waals surface area contributed by atoms with Gasteiger partial charge in [-0.05, 0) is 88.1 Å². The van der Waals surface area contributed by atoms with E-state index in [-0.39, 0.29) is 46.3 Å². The first-order chi connectivity index (χ1) is 50.7. The summed E-state index contributed by atoms with van der Waals surface area (Å²) in [6, 6.07) is 39.4. The zero-order valence-electron chi connectivity index (χ0n) is 57.8. The van der Waals surface area contributed by atoms with Gasteiger partial charge in [0.15, 0.2) is 51.8 Å². The van der Waals surface area contributed by atoms with Gasteiger partial charge in [-0.1, -0.05) is 88.3 Å². The quantitative estimate of drug-likeness (QED) is 0.0390. The van der Waals surface area contributed by atoms with Crippen molar-refractivity contribution in [3.05, 3.63) is 231 Å². The minimum atomic E-state index is -0.138. The molecular weight excluding hydrogens is 1320 g/mol. The lowest BCUT2D eigenvalue weighted by atomic mass is 10.1. The Bertz CT molecular complexity index is 5260. The fourth-order valence-electron chi connectivity index (χ4n) is 12.1. The van der Waals surface area contributed by atoms with Crippen molar-refractivity contribution in [1.29, 1.82) is 0 Å². The van der Waals surface area contributed by atoms with Crippen molar-refractivity contribution in [3.63, 3.8) is 0 Å². The van der Waals surface area contributed by atoms with Gasteiger partial charge in [-0.2, -0.15) is 0 Å².